The lowest BCUT2D eigenvalue weighted by atomic mass is 10.3. The summed E-state index contributed by atoms with van der Waals surface area (Å²) < 4.78 is 0. The van der Waals surface area contributed by atoms with Gasteiger partial charge in [0, 0.05) is 22.5 Å². The summed E-state index contributed by atoms with van der Waals surface area (Å²) in [6, 6.07) is 7.40. The molecular formula is C14H18N2O2. The Morgan fingerprint density at radius 2 is 1.00 bits per heavy atom. The van der Waals surface area contributed by atoms with E-state index in [1.807, 2.05) is 38.1 Å². The van der Waals surface area contributed by atoms with E-state index >= 15 is 0 Å². The van der Waals surface area contributed by atoms with Crippen LogP contribution in [0.15, 0.2) is 33.9 Å². The molecule has 0 atom stereocenters. The van der Waals surface area contributed by atoms with E-state index in [1.54, 1.807) is 13.8 Å². The monoisotopic (exact) mass is 246 g/mol. The van der Waals surface area contributed by atoms with Gasteiger partial charge < -0.3 is 9.97 Å². The molecule has 4 nitrogen and oxygen atoms in total. The highest BCUT2D eigenvalue weighted by Crippen LogP contribution is 1.89. The van der Waals surface area contributed by atoms with Crippen molar-refractivity contribution in [3.63, 3.8) is 0 Å². The lowest BCUT2D eigenvalue weighted by Gasteiger charge is -1.91. The molecule has 2 N–H and O–H groups in total. The predicted octanol–water partition coefficient (Wildman–Crippen LogP) is 1.98. The molecule has 2 aromatic heterocycles. The Bertz CT molecular complexity index is 581. The first-order chi connectivity index (χ1) is 8.40. The van der Waals surface area contributed by atoms with Crippen LogP contribution in [-0.2, 0) is 0 Å². The molecule has 2 rings (SSSR count). The number of aromatic amines is 2. The summed E-state index contributed by atoms with van der Waals surface area (Å²) in [5.41, 5.74) is 3.36. The number of aromatic nitrogens is 2. The predicted molar refractivity (Wildman–Crippen MR) is 73.1 cm³/mol. The van der Waals surface area contributed by atoms with E-state index in [1.165, 1.54) is 0 Å². The number of rotatable bonds is 0. The Morgan fingerprint density at radius 1 is 0.667 bits per heavy atom. The van der Waals surface area contributed by atoms with E-state index in [2.05, 4.69) is 9.97 Å². The van der Waals surface area contributed by atoms with Crippen LogP contribution in [0.1, 0.15) is 22.5 Å². The van der Waals surface area contributed by atoms with Crippen LogP contribution < -0.4 is 11.1 Å². The van der Waals surface area contributed by atoms with E-state index < -0.39 is 0 Å². The zero-order chi connectivity index (χ0) is 13.7. The van der Waals surface area contributed by atoms with Crippen LogP contribution in [0.2, 0.25) is 0 Å². The van der Waals surface area contributed by atoms with Gasteiger partial charge in [-0.2, -0.15) is 0 Å². The molecule has 2 aromatic rings. The van der Waals surface area contributed by atoms with Crippen molar-refractivity contribution in [1.29, 1.82) is 0 Å². The molecule has 0 radical (unpaired) electrons. The first kappa shape index (κ1) is 14.0. The molecule has 0 amide bonds. The van der Waals surface area contributed by atoms with Gasteiger partial charge in [-0.3, -0.25) is 9.59 Å². The maximum Gasteiger partial charge on any atom is 0.251 e. The molecule has 0 saturated carbocycles. The van der Waals surface area contributed by atoms with Gasteiger partial charge >= 0.3 is 0 Å². The lowest BCUT2D eigenvalue weighted by molar-refractivity contribution is 1.11. The standard InChI is InChI=1S/2C7H9NO/c2*1-5-3-4-6(2)8-7(5)9/h2*3-4H,1-2H3,(H,8,9). The summed E-state index contributed by atoms with van der Waals surface area (Å²) in [6.07, 6.45) is 0. The number of aryl methyl sites for hydroxylation is 4. The van der Waals surface area contributed by atoms with E-state index in [9.17, 15) is 9.59 Å². The van der Waals surface area contributed by atoms with Gasteiger partial charge in [0.25, 0.3) is 11.1 Å². The number of hydrogen-bond donors (Lipinski definition) is 2. The molecular weight excluding hydrogens is 228 g/mol. The fraction of sp³-hybridized carbons (Fsp3) is 0.286. The van der Waals surface area contributed by atoms with Crippen LogP contribution in [-0.4, -0.2) is 9.97 Å². The Kier molecular flexibility index (Phi) is 4.66. The third kappa shape index (κ3) is 4.05. The normalized spacial score (nSPS) is 9.56. The molecule has 0 aliphatic heterocycles. The van der Waals surface area contributed by atoms with E-state index in [0.29, 0.717) is 0 Å². The molecule has 0 aliphatic carbocycles. The van der Waals surface area contributed by atoms with Gasteiger partial charge in [0.15, 0.2) is 0 Å². The fourth-order valence-corrected chi connectivity index (χ4v) is 1.29. The Balaban J connectivity index is 0.000000180. The van der Waals surface area contributed by atoms with E-state index in [0.717, 1.165) is 22.5 Å². The third-order valence-electron chi connectivity index (χ3n) is 2.50. The average Bonchev–Trinajstić information content (AvgIpc) is 2.30. The van der Waals surface area contributed by atoms with Crippen LogP contribution in [0.4, 0.5) is 0 Å². The molecule has 0 fully saturated rings. The largest absolute Gasteiger partial charge is 0.326 e. The first-order valence-electron chi connectivity index (χ1n) is 5.73. The SMILES string of the molecule is Cc1ccc(C)c(=O)[nH]1.Cc1ccc(C)c(=O)[nH]1. The first-order valence-corrected chi connectivity index (χ1v) is 5.73. The van der Waals surface area contributed by atoms with Crippen molar-refractivity contribution in [2.24, 2.45) is 0 Å². The summed E-state index contributed by atoms with van der Waals surface area (Å²) >= 11 is 0. The van der Waals surface area contributed by atoms with Gasteiger partial charge in [0.1, 0.15) is 0 Å². The topological polar surface area (TPSA) is 65.7 Å². The summed E-state index contributed by atoms with van der Waals surface area (Å²) in [5.74, 6) is 0. The second-order valence-corrected chi connectivity index (χ2v) is 4.31. The number of hydrogen-bond acceptors (Lipinski definition) is 2. The summed E-state index contributed by atoms with van der Waals surface area (Å²) in [7, 11) is 0. The molecule has 18 heavy (non-hydrogen) atoms. The highest BCUT2D eigenvalue weighted by Gasteiger charge is 1.89. The van der Waals surface area contributed by atoms with Crippen molar-refractivity contribution in [3.8, 4) is 0 Å². The molecule has 0 saturated heterocycles. The minimum absolute atomic E-state index is 0.00926. The third-order valence-corrected chi connectivity index (χ3v) is 2.50. The van der Waals surface area contributed by atoms with Gasteiger partial charge in [0.2, 0.25) is 0 Å². The molecule has 2 heterocycles. The summed E-state index contributed by atoms with van der Waals surface area (Å²) in [4.78, 5) is 26.9. The molecule has 0 aliphatic rings. The molecule has 0 unspecified atom stereocenters. The average molecular weight is 246 g/mol. The fourth-order valence-electron chi connectivity index (χ4n) is 1.29. The van der Waals surface area contributed by atoms with Crippen molar-refractivity contribution in [1.82, 2.24) is 9.97 Å². The Morgan fingerprint density at radius 3 is 1.22 bits per heavy atom. The molecule has 0 spiro atoms. The van der Waals surface area contributed by atoms with Gasteiger partial charge in [0.05, 0.1) is 0 Å². The molecule has 4 heteroatoms. The van der Waals surface area contributed by atoms with E-state index in [4.69, 9.17) is 0 Å². The van der Waals surface area contributed by atoms with Crippen molar-refractivity contribution in [2.75, 3.05) is 0 Å². The highest BCUT2D eigenvalue weighted by molar-refractivity contribution is 5.11. The maximum atomic E-state index is 10.8. The summed E-state index contributed by atoms with van der Waals surface area (Å²) in [5, 5.41) is 0. The van der Waals surface area contributed by atoms with E-state index in [-0.39, 0.29) is 11.1 Å². The molecule has 0 aromatic carbocycles. The minimum Gasteiger partial charge on any atom is -0.326 e. The van der Waals surface area contributed by atoms with Crippen molar-refractivity contribution in [3.05, 3.63) is 67.5 Å². The zero-order valence-electron chi connectivity index (χ0n) is 11.1. The zero-order valence-corrected chi connectivity index (χ0v) is 11.1. The quantitative estimate of drug-likeness (QED) is 0.746. The smallest absolute Gasteiger partial charge is 0.251 e. The molecule has 96 valence electrons. The van der Waals surface area contributed by atoms with Crippen LogP contribution in [0.25, 0.3) is 0 Å². The van der Waals surface area contributed by atoms with Gasteiger partial charge in [-0.05, 0) is 39.8 Å². The number of nitrogens with one attached hydrogen (secondary N) is 2. The van der Waals surface area contributed by atoms with Gasteiger partial charge in [-0.15, -0.1) is 0 Å². The van der Waals surface area contributed by atoms with Crippen LogP contribution in [0.3, 0.4) is 0 Å². The maximum absolute atomic E-state index is 10.8. The van der Waals surface area contributed by atoms with Crippen LogP contribution >= 0.6 is 0 Å². The second-order valence-electron chi connectivity index (χ2n) is 4.31. The minimum atomic E-state index is 0.00926. The van der Waals surface area contributed by atoms with Crippen LogP contribution in [0, 0.1) is 27.7 Å². The number of pyridine rings is 2. The Labute approximate surface area is 106 Å². The van der Waals surface area contributed by atoms with Crippen LogP contribution in [0.5, 0.6) is 0 Å². The second kappa shape index (κ2) is 6.00. The molecule has 0 bridgehead atoms. The van der Waals surface area contributed by atoms with Crippen molar-refractivity contribution < 1.29 is 0 Å². The number of H-pyrrole nitrogens is 2. The van der Waals surface area contributed by atoms with Crippen molar-refractivity contribution in [2.45, 2.75) is 27.7 Å². The summed E-state index contributed by atoms with van der Waals surface area (Å²) in [6.45, 7) is 7.30. The van der Waals surface area contributed by atoms with Crippen molar-refractivity contribution >= 4 is 0 Å². The van der Waals surface area contributed by atoms with Gasteiger partial charge in [-0.25, -0.2) is 0 Å². The Hall–Kier alpha value is -2.10. The van der Waals surface area contributed by atoms with Gasteiger partial charge in [-0.1, -0.05) is 12.1 Å². The lowest BCUT2D eigenvalue weighted by Crippen LogP contribution is -2.08. The highest BCUT2D eigenvalue weighted by atomic mass is 16.1.